The molecule has 0 unspecified atom stereocenters. The van der Waals surface area contributed by atoms with Gasteiger partial charge in [-0.25, -0.2) is 0 Å². The number of aryl methyl sites for hydroxylation is 2. The van der Waals surface area contributed by atoms with Gasteiger partial charge < -0.3 is 4.74 Å². The van der Waals surface area contributed by atoms with Crippen molar-refractivity contribution in [3.8, 4) is 17.1 Å². The number of amides is 1. The largest absolute Gasteiger partial charge is 0.483 e. The van der Waals surface area contributed by atoms with Crippen LogP contribution >= 0.6 is 0 Å². The van der Waals surface area contributed by atoms with Crippen molar-refractivity contribution in [2.75, 3.05) is 11.9 Å². The Balaban J connectivity index is 1.60. The van der Waals surface area contributed by atoms with Crippen LogP contribution in [0.2, 0.25) is 0 Å². The van der Waals surface area contributed by atoms with Crippen LogP contribution < -0.4 is 10.1 Å². The lowest BCUT2D eigenvalue weighted by atomic mass is 10.1. The number of hydrogen-bond acceptors (Lipinski definition) is 4. The van der Waals surface area contributed by atoms with Gasteiger partial charge in [0.15, 0.2) is 12.4 Å². The van der Waals surface area contributed by atoms with Crippen molar-refractivity contribution in [1.82, 2.24) is 15.2 Å². The van der Waals surface area contributed by atoms with Crippen LogP contribution in [0, 0.1) is 20.8 Å². The van der Waals surface area contributed by atoms with Gasteiger partial charge in [0.05, 0.1) is 0 Å². The molecule has 3 aromatic rings. The van der Waals surface area contributed by atoms with E-state index in [0.717, 1.165) is 16.7 Å². The molecule has 6 nitrogen and oxygen atoms in total. The van der Waals surface area contributed by atoms with Gasteiger partial charge in [0.1, 0.15) is 5.75 Å². The molecule has 2 N–H and O–H groups in total. The Morgan fingerprint density at radius 3 is 2.64 bits per heavy atom. The fourth-order valence-electron chi connectivity index (χ4n) is 2.34. The Morgan fingerprint density at radius 1 is 1.12 bits per heavy atom. The second kappa shape index (κ2) is 7.17. The Kier molecular flexibility index (Phi) is 4.79. The predicted molar refractivity (Wildman–Crippen MR) is 96.6 cm³/mol. The molecule has 6 heteroatoms. The molecule has 0 bridgehead atoms. The van der Waals surface area contributed by atoms with Crippen molar-refractivity contribution in [3.63, 3.8) is 0 Å². The number of carbonyl (C=O) groups is 1. The van der Waals surface area contributed by atoms with E-state index in [0.29, 0.717) is 11.6 Å². The minimum atomic E-state index is -0.310. The van der Waals surface area contributed by atoms with Crippen molar-refractivity contribution < 1.29 is 9.53 Å². The summed E-state index contributed by atoms with van der Waals surface area (Å²) in [5.74, 6) is 1.22. The Morgan fingerprint density at radius 2 is 1.88 bits per heavy atom. The summed E-state index contributed by atoms with van der Waals surface area (Å²) >= 11 is 0. The number of nitrogens with one attached hydrogen (secondary N) is 2. The summed E-state index contributed by atoms with van der Waals surface area (Å²) < 4.78 is 5.58. The number of aromatic amines is 1. The van der Waals surface area contributed by atoms with Crippen LogP contribution in [-0.4, -0.2) is 27.7 Å². The normalized spacial score (nSPS) is 10.5. The van der Waals surface area contributed by atoms with Crippen LogP contribution in [0.15, 0.2) is 42.5 Å². The third kappa shape index (κ3) is 4.03. The van der Waals surface area contributed by atoms with Crippen molar-refractivity contribution >= 4 is 11.9 Å². The molecule has 0 aliphatic heterocycles. The third-order valence-electron chi connectivity index (χ3n) is 3.98. The maximum absolute atomic E-state index is 12.0. The quantitative estimate of drug-likeness (QED) is 0.748. The number of rotatable bonds is 5. The molecule has 1 aromatic heterocycles. The standard InChI is InChI=1S/C19H20N4O2/c1-12-7-9-15(10-8-12)18-21-19(23-22-18)20-17(24)11-25-16-6-4-5-13(2)14(16)3/h4-10H,11H2,1-3H3,(H2,20,21,22,23,24). The average Bonchev–Trinajstić information content (AvgIpc) is 3.05. The van der Waals surface area contributed by atoms with Gasteiger partial charge in [-0.1, -0.05) is 42.0 Å². The number of carbonyl (C=O) groups excluding carboxylic acids is 1. The SMILES string of the molecule is Cc1ccc(-c2nc(NC(=O)COc3cccc(C)c3C)n[nH]2)cc1. The molecule has 3 rings (SSSR count). The monoisotopic (exact) mass is 336 g/mol. The number of anilines is 1. The molecule has 0 aliphatic rings. The highest BCUT2D eigenvalue weighted by atomic mass is 16.5. The molecular weight excluding hydrogens is 316 g/mol. The van der Waals surface area contributed by atoms with Gasteiger partial charge in [0.2, 0.25) is 5.95 Å². The lowest BCUT2D eigenvalue weighted by Gasteiger charge is -2.10. The van der Waals surface area contributed by atoms with Gasteiger partial charge in [0.25, 0.3) is 5.91 Å². The molecule has 1 heterocycles. The van der Waals surface area contributed by atoms with Crippen molar-refractivity contribution in [3.05, 3.63) is 59.2 Å². The molecule has 1 amide bonds. The zero-order valence-electron chi connectivity index (χ0n) is 14.5. The van der Waals surface area contributed by atoms with E-state index in [1.807, 2.05) is 63.2 Å². The summed E-state index contributed by atoms with van der Waals surface area (Å²) in [6.07, 6.45) is 0. The maximum Gasteiger partial charge on any atom is 0.264 e. The van der Waals surface area contributed by atoms with Crippen molar-refractivity contribution in [2.24, 2.45) is 0 Å². The topological polar surface area (TPSA) is 79.9 Å². The maximum atomic E-state index is 12.0. The zero-order valence-corrected chi connectivity index (χ0v) is 14.5. The molecule has 0 spiro atoms. The first kappa shape index (κ1) is 16.7. The summed E-state index contributed by atoms with van der Waals surface area (Å²) in [5.41, 5.74) is 4.22. The predicted octanol–water partition coefficient (Wildman–Crippen LogP) is 3.41. The van der Waals surface area contributed by atoms with Crippen LogP contribution in [0.5, 0.6) is 5.75 Å². The van der Waals surface area contributed by atoms with Gasteiger partial charge in [0, 0.05) is 5.56 Å². The van der Waals surface area contributed by atoms with E-state index in [1.165, 1.54) is 5.56 Å². The van der Waals surface area contributed by atoms with Crippen molar-refractivity contribution in [2.45, 2.75) is 20.8 Å². The van der Waals surface area contributed by atoms with E-state index < -0.39 is 0 Å². The summed E-state index contributed by atoms with van der Waals surface area (Å²) in [6, 6.07) is 13.6. The highest BCUT2D eigenvalue weighted by molar-refractivity contribution is 5.90. The minimum absolute atomic E-state index is 0.0985. The van der Waals surface area contributed by atoms with E-state index in [1.54, 1.807) is 0 Å². The third-order valence-corrected chi connectivity index (χ3v) is 3.98. The number of hydrogen-bond donors (Lipinski definition) is 2. The lowest BCUT2D eigenvalue weighted by Crippen LogP contribution is -2.21. The van der Waals surface area contributed by atoms with Crippen LogP contribution in [-0.2, 0) is 4.79 Å². The zero-order chi connectivity index (χ0) is 17.8. The van der Waals surface area contributed by atoms with Crippen LogP contribution in [0.3, 0.4) is 0 Å². The number of nitrogens with zero attached hydrogens (tertiary/aromatic N) is 2. The minimum Gasteiger partial charge on any atom is -0.483 e. The van der Waals surface area contributed by atoms with E-state index in [9.17, 15) is 4.79 Å². The molecule has 0 atom stereocenters. The molecule has 128 valence electrons. The van der Waals surface area contributed by atoms with Crippen LogP contribution in [0.1, 0.15) is 16.7 Å². The van der Waals surface area contributed by atoms with Crippen LogP contribution in [0.4, 0.5) is 5.95 Å². The number of ether oxygens (including phenoxy) is 1. The van der Waals surface area contributed by atoms with E-state index >= 15 is 0 Å². The summed E-state index contributed by atoms with van der Waals surface area (Å²) in [4.78, 5) is 16.3. The first-order chi connectivity index (χ1) is 12.0. The average molecular weight is 336 g/mol. The van der Waals surface area contributed by atoms with Gasteiger partial charge in [-0.15, -0.1) is 5.10 Å². The fourth-order valence-corrected chi connectivity index (χ4v) is 2.34. The lowest BCUT2D eigenvalue weighted by molar-refractivity contribution is -0.118. The molecule has 0 saturated carbocycles. The molecule has 2 aromatic carbocycles. The fraction of sp³-hybridized carbons (Fsp3) is 0.211. The van der Waals surface area contributed by atoms with E-state index in [2.05, 4.69) is 20.5 Å². The van der Waals surface area contributed by atoms with Gasteiger partial charge in [-0.05, 0) is 38.0 Å². The van der Waals surface area contributed by atoms with Gasteiger partial charge in [-0.3, -0.25) is 15.2 Å². The van der Waals surface area contributed by atoms with E-state index in [4.69, 9.17) is 4.74 Å². The van der Waals surface area contributed by atoms with Crippen LogP contribution in [0.25, 0.3) is 11.4 Å². The summed E-state index contributed by atoms with van der Waals surface area (Å²) in [6.45, 7) is 5.89. The number of aromatic nitrogens is 3. The number of H-pyrrole nitrogens is 1. The molecule has 0 fully saturated rings. The Hall–Kier alpha value is -3.15. The highest BCUT2D eigenvalue weighted by Crippen LogP contribution is 2.20. The molecular formula is C19H20N4O2. The van der Waals surface area contributed by atoms with Gasteiger partial charge >= 0.3 is 0 Å². The summed E-state index contributed by atoms with van der Waals surface area (Å²) in [5, 5.41) is 9.47. The Bertz CT molecular complexity index is 885. The smallest absolute Gasteiger partial charge is 0.264 e. The molecule has 25 heavy (non-hydrogen) atoms. The summed E-state index contributed by atoms with van der Waals surface area (Å²) in [7, 11) is 0. The Labute approximate surface area is 146 Å². The van der Waals surface area contributed by atoms with Gasteiger partial charge in [-0.2, -0.15) is 4.98 Å². The van der Waals surface area contributed by atoms with Crippen molar-refractivity contribution in [1.29, 1.82) is 0 Å². The van der Waals surface area contributed by atoms with E-state index in [-0.39, 0.29) is 18.5 Å². The molecule has 0 saturated heterocycles. The molecule has 0 aliphatic carbocycles. The highest BCUT2D eigenvalue weighted by Gasteiger charge is 2.10. The first-order valence-electron chi connectivity index (χ1n) is 8.01. The number of benzene rings is 2. The molecule has 0 radical (unpaired) electrons. The second-order valence-corrected chi connectivity index (χ2v) is 5.91. The first-order valence-corrected chi connectivity index (χ1v) is 8.01. The second-order valence-electron chi connectivity index (χ2n) is 5.91.